The van der Waals surface area contributed by atoms with Crippen molar-refractivity contribution < 1.29 is 23.1 Å². The number of hydrogen-bond donors (Lipinski definition) is 1. The zero-order chi connectivity index (χ0) is 21.0. The molecule has 0 spiro atoms. The number of hydrogen-bond acceptors (Lipinski definition) is 5. The minimum Gasteiger partial charge on any atom is -0.465 e. The lowest BCUT2D eigenvalue weighted by molar-refractivity contribution is -0.117. The zero-order valence-electron chi connectivity index (χ0n) is 16.3. The van der Waals surface area contributed by atoms with E-state index in [1.165, 1.54) is 13.2 Å². The molecule has 1 amide bonds. The fourth-order valence-electron chi connectivity index (χ4n) is 3.36. The van der Waals surface area contributed by atoms with Gasteiger partial charge in [0.05, 0.1) is 24.9 Å². The summed E-state index contributed by atoms with van der Waals surface area (Å²) in [4.78, 5) is 28.0. The number of ether oxygens (including phenoxy) is 1. The predicted octanol–water partition coefficient (Wildman–Crippen LogP) is 2.90. The average Bonchev–Trinajstić information content (AvgIpc) is 2.71. The van der Waals surface area contributed by atoms with Crippen LogP contribution in [0.4, 0.5) is 20.2 Å². The maximum Gasteiger partial charge on any atom is 0.337 e. The number of esters is 1. The second-order valence-electron chi connectivity index (χ2n) is 6.98. The van der Waals surface area contributed by atoms with Crippen molar-refractivity contribution in [2.45, 2.75) is 13.0 Å². The molecule has 154 valence electrons. The SMILES string of the molecule is COC(=O)c1ccc(N2CCN(CC(=O)Nc3ccc(F)cc3F)C(C)C2)cc1. The fourth-order valence-corrected chi connectivity index (χ4v) is 3.36. The number of amides is 1. The summed E-state index contributed by atoms with van der Waals surface area (Å²) in [5.74, 6) is -2.21. The van der Waals surface area contributed by atoms with E-state index >= 15 is 0 Å². The van der Waals surface area contributed by atoms with Gasteiger partial charge in [-0.3, -0.25) is 9.69 Å². The maximum absolute atomic E-state index is 13.7. The van der Waals surface area contributed by atoms with Crippen LogP contribution in [0.5, 0.6) is 0 Å². The number of methoxy groups -OCH3 is 1. The molecule has 1 N–H and O–H groups in total. The molecule has 29 heavy (non-hydrogen) atoms. The van der Waals surface area contributed by atoms with E-state index < -0.39 is 11.6 Å². The number of carbonyl (C=O) groups is 2. The van der Waals surface area contributed by atoms with Crippen LogP contribution in [0.3, 0.4) is 0 Å². The quantitative estimate of drug-likeness (QED) is 0.778. The Morgan fingerprint density at radius 1 is 1.14 bits per heavy atom. The van der Waals surface area contributed by atoms with Crippen molar-refractivity contribution in [1.82, 2.24) is 4.90 Å². The van der Waals surface area contributed by atoms with Gasteiger partial charge in [-0.25, -0.2) is 13.6 Å². The van der Waals surface area contributed by atoms with Crippen molar-refractivity contribution in [1.29, 1.82) is 0 Å². The van der Waals surface area contributed by atoms with E-state index in [1.54, 1.807) is 12.1 Å². The summed E-state index contributed by atoms with van der Waals surface area (Å²) in [6, 6.07) is 10.3. The third-order valence-corrected chi connectivity index (χ3v) is 4.97. The first-order chi connectivity index (χ1) is 13.9. The molecule has 1 unspecified atom stereocenters. The molecular formula is C21H23F2N3O3. The Hall–Kier alpha value is -3.00. The normalized spacial score (nSPS) is 17.1. The lowest BCUT2D eigenvalue weighted by Gasteiger charge is -2.40. The van der Waals surface area contributed by atoms with Gasteiger partial charge in [0.2, 0.25) is 5.91 Å². The number of nitrogens with zero attached hydrogens (tertiary/aromatic N) is 2. The van der Waals surface area contributed by atoms with Crippen LogP contribution in [0.15, 0.2) is 42.5 Å². The van der Waals surface area contributed by atoms with Crippen LogP contribution in [0.25, 0.3) is 0 Å². The number of piperazine rings is 1. The molecule has 6 nitrogen and oxygen atoms in total. The van der Waals surface area contributed by atoms with Crippen LogP contribution in [0, 0.1) is 11.6 Å². The maximum atomic E-state index is 13.7. The Morgan fingerprint density at radius 3 is 2.48 bits per heavy atom. The van der Waals surface area contributed by atoms with Crippen molar-refractivity contribution >= 4 is 23.3 Å². The monoisotopic (exact) mass is 403 g/mol. The summed E-state index contributed by atoms with van der Waals surface area (Å²) in [7, 11) is 1.34. The summed E-state index contributed by atoms with van der Waals surface area (Å²) in [6.45, 7) is 4.20. The van der Waals surface area contributed by atoms with Gasteiger partial charge in [0, 0.05) is 37.4 Å². The second kappa shape index (κ2) is 9.00. The van der Waals surface area contributed by atoms with Crippen molar-refractivity contribution in [2.24, 2.45) is 0 Å². The van der Waals surface area contributed by atoms with Crippen molar-refractivity contribution in [3.63, 3.8) is 0 Å². The van der Waals surface area contributed by atoms with Crippen LogP contribution in [-0.2, 0) is 9.53 Å². The van der Waals surface area contributed by atoms with E-state index in [-0.39, 0.29) is 30.2 Å². The molecule has 8 heteroatoms. The molecule has 1 aliphatic rings. The van der Waals surface area contributed by atoms with E-state index in [0.717, 1.165) is 17.8 Å². The van der Waals surface area contributed by atoms with E-state index in [0.29, 0.717) is 25.2 Å². The van der Waals surface area contributed by atoms with Gasteiger partial charge in [-0.2, -0.15) is 0 Å². The smallest absolute Gasteiger partial charge is 0.337 e. The van der Waals surface area contributed by atoms with Crippen molar-refractivity contribution in [3.8, 4) is 0 Å². The highest BCUT2D eigenvalue weighted by Crippen LogP contribution is 2.21. The first kappa shape index (κ1) is 20.7. The lowest BCUT2D eigenvalue weighted by Crippen LogP contribution is -2.53. The standard InChI is InChI=1S/C21H23F2N3O3/c1-14-12-26(17-6-3-15(4-7-17)21(28)29-2)10-9-25(14)13-20(27)24-19-8-5-16(22)11-18(19)23/h3-8,11,14H,9-10,12-13H2,1-2H3,(H,24,27). The van der Waals surface area contributed by atoms with E-state index in [1.807, 2.05) is 24.0 Å². The van der Waals surface area contributed by atoms with Crippen molar-refractivity contribution in [2.75, 3.05) is 43.5 Å². The highest BCUT2D eigenvalue weighted by atomic mass is 19.1. The lowest BCUT2D eigenvalue weighted by atomic mass is 10.1. The minimum absolute atomic E-state index is 0.0339. The molecule has 0 saturated carbocycles. The second-order valence-corrected chi connectivity index (χ2v) is 6.98. The molecule has 1 atom stereocenters. The number of anilines is 2. The molecule has 3 rings (SSSR count). The Labute approximate surface area is 168 Å². The van der Waals surface area contributed by atoms with E-state index in [2.05, 4.69) is 10.2 Å². The average molecular weight is 403 g/mol. The van der Waals surface area contributed by atoms with Gasteiger partial charge in [-0.05, 0) is 43.3 Å². The number of benzene rings is 2. The van der Waals surface area contributed by atoms with E-state index in [4.69, 9.17) is 4.74 Å². The largest absolute Gasteiger partial charge is 0.465 e. The molecule has 1 saturated heterocycles. The molecule has 1 fully saturated rings. The third kappa shape index (κ3) is 5.08. The molecule has 1 aliphatic heterocycles. The first-order valence-corrected chi connectivity index (χ1v) is 9.29. The van der Waals surface area contributed by atoms with Crippen LogP contribution in [-0.4, -0.2) is 56.1 Å². The number of halogens is 2. The van der Waals surface area contributed by atoms with Gasteiger partial charge in [0.25, 0.3) is 0 Å². The highest BCUT2D eigenvalue weighted by Gasteiger charge is 2.26. The molecule has 0 bridgehead atoms. The molecule has 0 radical (unpaired) electrons. The summed E-state index contributed by atoms with van der Waals surface area (Å²) in [5, 5.41) is 2.49. The summed E-state index contributed by atoms with van der Waals surface area (Å²) >= 11 is 0. The van der Waals surface area contributed by atoms with Crippen molar-refractivity contribution in [3.05, 3.63) is 59.7 Å². The van der Waals surface area contributed by atoms with E-state index in [9.17, 15) is 18.4 Å². The Balaban J connectivity index is 1.55. The van der Waals surface area contributed by atoms with Gasteiger partial charge in [0.1, 0.15) is 11.6 Å². The van der Waals surface area contributed by atoms with Crippen LogP contribution in [0.2, 0.25) is 0 Å². The topological polar surface area (TPSA) is 61.9 Å². The molecule has 2 aromatic rings. The number of rotatable bonds is 5. The fraction of sp³-hybridized carbons (Fsp3) is 0.333. The predicted molar refractivity (Wildman–Crippen MR) is 106 cm³/mol. The first-order valence-electron chi connectivity index (χ1n) is 9.29. The van der Waals surface area contributed by atoms with Crippen LogP contribution >= 0.6 is 0 Å². The molecule has 2 aromatic carbocycles. The van der Waals surface area contributed by atoms with Gasteiger partial charge < -0.3 is 15.0 Å². The number of nitrogens with one attached hydrogen (secondary N) is 1. The molecule has 1 heterocycles. The Kier molecular flexibility index (Phi) is 6.43. The highest BCUT2D eigenvalue weighted by molar-refractivity contribution is 5.92. The van der Waals surface area contributed by atoms with Crippen LogP contribution < -0.4 is 10.2 Å². The Morgan fingerprint density at radius 2 is 1.86 bits per heavy atom. The van der Waals surface area contributed by atoms with Gasteiger partial charge >= 0.3 is 5.97 Å². The third-order valence-electron chi connectivity index (χ3n) is 4.97. The molecule has 0 aromatic heterocycles. The van der Waals surface area contributed by atoms with Crippen LogP contribution in [0.1, 0.15) is 17.3 Å². The summed E-state index contributed by atoms with van der Waals surface area (Å²) in [5.41, 5.74) is 1.45. The molecule has 0 aliphatic carbocycles. The summed E-state index contributed by atoms with van der Waals surface area (Å²) in [6.07, 6.45) is 0. The van der Waals surface area contributed by atoms with Gasteiger partial charge in [-0.15, -0.1) is 0 Å². The number of carbonyl (C=O) groups excluding carboxylic acids is 2. The van der Waals surface area contributed by atoms with Gasteiger partial charge in [0.15, 0.2) is 0 Å². The molecular weight excluding hydrogens is 380 g/mol. The zero-order valence-corrected chi connectivity index (χ0v) is 16.3. The Bertz CT molecular complexity index is 889. The minimum atomic E-state index is -0.799. The van der Waals surface area contributed by atoms with Gasteiger partial charge in [-0.1, -0.05) is 0 Å². The summed E-state index contributed by atoms with van der Waals surface area (Å²) < 4.78 is 31.4.